The van der Waals surface area contributed by atoms with Crippen molar-refractivity contribution in [3.05, 3.63) is 23.5 Å². The zero-order valence-electron chi connectivity index (χ0n) is 13.8. The molecule has 0 unspecified atom stereocenters. The molecule has 0 saturated heterocycles. The van der Waals surface area contributed by atoms with E-state index in [1.807, 2.05) is 4.90 Å². The van der Waals surface area contributed by atoms with Gasteiger partial charge in [-0.05, 0) is 43.2 Å². The van der Waals surface area contributed by atoms with E-state index < -0.39 is 5.97 Å². The Balaban J connectivity index is 2.05. The molecular formula is C17H23N3O3. The van der Waals surface area contributed by atoms with Gasteiger partial charge in [-0.1, -0.05) is 6.92 Å². The third-order valence-electron chi connectivity index (χ3n) is 4.86. The lowest BCUT2D eigenvalue weighted by Crippen LogP contribution is -2.51. The molecule has 1 saturated carbocycles. The molecule has 124 valence electrons. The summed E-state index contributed by atoms with van der Waals surface area (Å²) in [7, 11) is 0. The van der Waals surface area contributed by atoms with Gasteiger partial charge < -0.3 is 15.4 Å². The van der Waals surface area contributed by atoms with Crippen LogP contribution in [0.15, 0.2) is 12.3 Å². The minimum atomic E-state index is -0.464. The highest BCUT2D eigenvalue weighted by Gasteiger charge is 2.46. The fourth-order valence-electron chi connectivity index (χ4n) is 3.60. The van der Waals surface area contributed by atoms with Crippen LogP contribution < -0.4 is 10.6 Å². The predicted molar refractivity (Wildman–Crippen MR) is 86.0 cm³/mol. The van der Waals surface area contributed by atoms with Gasteiger partial charge in [0.15, 0.2) is 0 Å². The summed E-state index contributed by atoms with van der Waals surface area (Å²) in [5.74, 6) is 0.176. The molecule has 1 aromatic rings. The topological polar surface area (TPSA) is 85.5 Å². The van der Waals surface area contributed by atoms with Crippen molar-refractivity contribution in [1.29, 1.82) is 0 Å². The van der Waals surface area contributed by atoms with E-state index in [0.717, 1.165) is 24.1 Å². The Kier molecular flexibility index (Phi) is 4.10. The summed E-state index contributed by atoms with van der Waals surface area (Å²) in [5.41, 5.74) is 8.19. The van der Waals surface area contributed by atoms with Crippen LogP contribution in [-0.2, 0) is 9.53 Å². The quantitative estimate of drug-likeness (QED) is 0.862. The second kappa shape index (κ2) is 5.92. The first-order chi connectivity index (χ1) is 11.0. The number of hydrogen-bond acceptors (Lipinski definition) is 5. The number of ether oxygens (including phenoxy) is 1. The van der Waals surface area contributed by atoms with Gasteiger partial charge in [-0.15, -0.1) is 0 Å². The van der Waals surface area contributed by atoms with E-state index in [1.165, 1.54) is 0 Å². The lowest BCUT2D eigenvalue weighted by molar-refractivity contribution is -0.117. The fourth-order valence-corrected chi connectivity index (χ4v) is 3.60. The molecule has 1 fully saturated rings. The van der Waals surface area contributed by atoms with Gasteiger partial charge in [-0.2, -0.15) is 0 Å². The number of amides is 1. The number of anilines is 1. The highest BCUT2D eigenvalue weighted by molar-refractivity contribution is 5.95. The van der Waals surface area contributed by atoms with Crippen molar-refractivity contribution in [1.82, 2.24) is 4.98 Å². The van der Waals surface area contributed by atoms with Crippen LogP contribution in [0, 0.1) is 11.8 Å². The van der Waals surface area contributed by atoms with E-state index >= 15 is 0 Å². The first-order valence-corrected chi connectivity index (χ1v) is 8.18. The molecular weight excluding hydrogens is 294 g/mol. The van der Waals surface area contributed by atoms with Crippen molar-refractivity contribution in [2.24, 2.45) is 17.6 Å². The van der Waals surface area contributed by atoms with Crippen molar-refractivity contribution < 1.29 is 14.3 Å². The maximum absolute atomic E-state index is 12.2. The lowest BCUT2D eigenvalue weighted by Gasteiger charge is -2.44. The fraction of sp³-hybridized carbons (Fsp3) is 0.588. The van der Waals surface area contributed by atoms with Crippen molar-refractivity contribution in [3.63, 3.8) is 0 Å². The molecule has 0 radical (unpaired) electrons. The molecule has 3 atom stereocenters. The third kappa shape index (κ3) is 2.72. The van der Waals surface area contributed by atoms with Gasteiger partial charge in [-0.25, -0.2) is 9.78 Å². The normalized spacial score (nSPS) is 26.6. The number of carbonyl (C=O) groups is 2. The van der Waals surface area contributed by atoms with Crippen LogP contribution in [0.25, 0.3) is 0 Å². The molecule has 23 heavy (non-hydrogen) atoms. The van der Waals surface area contributed by atoms with E-state index in [-0.39, 0.29) is 29.6 Å². The molecule has 3 rings (SSSR count). The van der Waals surface area contributed by atoms with Gasteiger partial charge in [0.2, 0.25) is 5.91 Å². The summed E-state index contributed by atoms with van der Waals surface area (Å²) >= 11 is 0. The molecule has 0 spiro atoms. The molecule has 1 aliphatic carbocycles. The number of nitrogens with two attached hydrogens (primary N) is 1. The molecule has 6 nitrogen and oxygen atoms in total. The number of aromatic nitrogens is 1. The molecule has 2 heterocycles. The third-order valence-corrected chi connectivity index (χ3v) is 4.86. The van der Waals surface area contributed by atoms with Crippen LogP contribution >= 0.6 is 0 Å². The van der Waals surface area contributed by atoms with E-state index in [2.05, 4.69) is 11.9 Å². The average Bonchev–Trinajstić information content (AvgIpc) is 3.34. The van der Waals surface area contributed by atoms with E-state index in [1.54, 1.807) is 26.1 Å². The summed E-state index contributed by atoms with van der Waals surface area (Å²) < 4.78 is 5.00. The number of nitrogens with zero attached hydrogens (tertiary/aromatic N) is 2. The Morgan fingerprint density at radius 1 is 1.43 bits per heavy atom. The molecule has 6 heteroatoms. The van der Waals surface area contributed by atoms with Crippen molar-refractivity contribution in [3.8, 4) is 0 Å². The molecule has 2 N–H and O–H groups in total. The van der Waals surface area contributed by atoms with Gasteiger partial charge in [0.25, 0.3) is 0 Å². The van der Waals surface area contributed by atoms with E-state index in [4.69, 9.17) is 10.5 Å². The van der Waals surface area contributed by atoms with Gasteiger partial charge >= 0.3 is 5.97 Å². The minimum Gasteiger partial charge on any atom is -0.461 e. The van der Waals surface area contributed by atoms with Crippen molar-refractivity contribution in [2.45, 2.75) is 45.7 Å². The van der Waals surface area contributed by atoms with E-state index in [0.29, 0.717) is 12.5 Å². The van der Waals surface area contributed by atoms with Crippen LogP contribution in [0.3, 0.4) is 0 Å². The largest absolute Gasteiger partial charge is 0.461 e. The first-order valence-electron chi connectivity index (χ1n) is 8.18. The molecule has 1 aromatic heterocycles. The Morgan fingerprint density at radius 3 is 2.70 bits per heavy atom. The van der Waals surface area contributed by atoms with Crippen molar-refractivity contribution >= 4 is 17.6 Å². The summed E-state index contributed by atoms with van der Waals surface area (Å²) in [5, 5.41) is 0. The molecule has 1 aliphatic heterocycles. The summed E-state index contributed by atoms with van der Waals surface area (Å²) in [6.45, 7) is 5.70. The average molecular weight is 317 g/mol. The Labute approximate surface area is 136 Å². The Hall–Kier alpha value is -1.95. The number of fused-ring (bicyclic) bond motifs is 1. The summed E-state index contributed by atoms with van der Waals surface area (Å²) in [6.07, 6.45) is 3.86. The lowest BCUT2D eigenvalue weighted by atomic mass is 9.81. The molecule has 1 amide bonds. The Bertz CT molecular complexity index is 642. The highest BCUT2D eigenvalue weighted by Crippen LogP contribution is 2.48. The van der Waals surface area contributed by atoms with Crippen LogP contribution in [0.5, 0.6) is 0 Å². The second-order valence-corrected chi connectivity index (χ2v) is 6.45. The van der Waals surface area contributed by atoms with Crippen LogP contribution in [0.2, 0.25) is 0 Å². The molecule has 0 aromatic carbocycles. The molecule has 2 aliphatic rings. The van der Waals surface area contributed by atoms with Gasteiger partial charge in [0.1, 0.15) is 5.69 Å². The second-order valence-electron chi connectivity index (χ2n) is 6.45. The van der Waals surface area contributed by atoms with Crippen LogP contribution in [0.1, 0.15) is 55.7 Å². The standard InChI is InChI=1S/C17H23N3O3/c1-4-23-17(22)13-7-12-14(8-19-13)20(10(3)21)16(11-5-6-11)9(2)15(12)18/h7-9,11,15-16H,4-6,18H2,1-3H3/t9-,15-,16+/m1/s1. The van der Waals surface area contributed by atoms with E-state index in [9.17, 15) is 9.59 Å². The summed E-state index contributed by atoms with van der Waals surface area (Å²) in [4.78, 5) is 30.2. The monoisotopic (exact) mass is 317 g/mol. The number of esters is 1. The zero-order valence-corrected chi connectivity index (χ0v) is 13.8. The van der Waals surface area contributed by atoms with Crippen LogP contribution in [-0.4, -0.2) is 29.5 Å². The van der Waals surface area contributed by atoms with Gasteiger partial charge in [0, 0.05) is 19.0 Å². The van der Waals surface area contributed by atoms with Gasteiger partial charge in [-0.3, -0.25) is 4.79 Å². The van der Waals surface area contributed by atoms with Gasteiger partial charge in [0.05, 0.1) is 18.5 Å². The minimum absolute atomic E-state index is 0.00687. The number of carbonyl (C=O) groups excluding carboxylic acids is 2. The smallest absolute Gasteiger partial charge is 0.356 e. The zero-order chi connectivity index (χ0) is 16.7. The maximum atomic E-state index is 12.2. The molecule has 0 bridgehead atoms. The van der Waals surface area contributed by atoms with Crippen molar-refractivity contribution in [2.75, 3.05) is 11.5 Å². The van der Waals surface area contributed by atoms with Crippen LogP contribution in [0.4, 0.5) is 5.69 Å². The predicted octanol–water partition coefficient (Wildman–Crippen LogP) is 2.04. The highest BCUT2D eigenvalue weighted by atomic mass is 16.5. The number of hydrogen-bond donors (Lipinski definition) is 1. The summed E-state index contributed by atoms with van der Waals surface area (Å²) in [6, 6.07) is 1.57. The maximum Gasteiger partial charge on any atom is 0.356 e. The first kappa shape index (κ1) is 15.9. The number of pyridine rings is 1. The number of rotatable bonds is 3. The SMILES string of the molecule is CCOC(=O)c1cc2c(cn1)N(C(C)=O)[C@H](C1CC1)[C@H](C)[C@H]2N. The Morgan fingerprint density at radius 2 is 2.13 bits per heavy atom.